The van der Waals surface area contributed by atoms with Gasteiger partial charge in [0.2, 0.25) is 0 Å². The Balaban J connectivity index is 0.789. The molecule has 0 bridgehead atoms. The summed E-state index contributed by atoms with van der Waals surface area (Å²) < 4.78 is 0. The van der Waals surface area contributed by atoms with Crippen LogP contribution in [0.1, 0.15) is 36.1 Å². The van der Waals surface area contributed by atoms with Gasteiger partial charge in [-0.05, 0) is 151 Å². The monoisotopic (exact) mass is 932 g/mol. The SMILES string of the molecule is CC1(C)c2cc(/C=C/c3ccc4ccc5c(N6c7ccccc7N(c7ccccc7)c7ccccc76)ccc6ccc3c4c65)ccc2-c2ccc(N3c4ccccc4N(c4ccccc4)c4ccccc43)cc21. The Kier molecular flexibility index (Phi) is 8.97. The summed E-state index contributed by atoms with van der Waals surface area (Å²) in [5, 5.41) is 7.59. The fraction of sp³-hybridized carbons (Fsp3) is 0.0435. The molecule has 73 heavy (non-hydrogen) atoms. The summed E-state index contributed by atoms with van der Waals surface area (Å²) in [6.45, 7) is 4.78. The highest BCUT2D eigenvalue weighted by atomic mass is 15.3. The van der Waals surface area contributed by atoms with Crippen molar-refractivity contribution in [1.82, 2.24) is 0 Å². The smallest absolute Gasteiger partial charge is 0.0703 e. The number of anilines is 12. The Hall–Kier alpha value is -9.38. The molecule has 0 amide bonds. The molecule has 0 saturated carbocycles. The van der Waals surface area contributed by atoms with E-state index in [2.05, 4.69) is 288 Å². The standard InChI is InChI=1S/C69H48N4/c1-69(2)56-43-45(30-38-53(56)54-41-37-51(44-57(54)69)72-61-23-11-9-21-59(61)70(49-17-5-3-6-18-49)60-22-10-12-24-62(60)72)29-31-46-32-33-47-35-40-55-58(42-36-48-34-39-52(46)67(47)68(48)55)73-65-27-15-13-25-63(65)71(50-19-7-4-8-20-50)64-26-14-16-28-66(64)73/h3-44H,1-2H3/b31-29+. The number of fused-ring (bicyclic) bond motifs is 7. The lowest BCUT2D eigenvalue weighted by molar-refractivity contribution is 0.660. The van der Waals surface area contributed by atoms with E-state index < -0.39 is 0 Å². The van der Waals surface area contributed by atoms with Crippen LogP contribution < -0.4 is 19.6 Å². The van der Waals surface area contributed by atoms with Crippen LogP contribution in [-0.4, -0.2) is 0 Å². The van der Waals surface area contributed by atoms with Crippen molar-refractivity contribution in [2.45, 2.75) is 19.3 Å². The highest BCUT2D eigenvalue weighted by Gasteiger charge is 2.38. The second kappa shape index (κ2) is 15.8. The van der Waals surface area contributed by atoms with Gasteiger partial charge in [0.15, 0.2) is 0 Å². The second-order valence-corrected chi connectivity index (χ2v) is 20.1. The van der Waals surface area contributed by atoms with Gasteiger partial charge >= 0.3 is 0 Å². The predicted molar refractivity (Wildman–Crippen MR) is 309 cm³/mol. The molecule has 0 radical (unpaired) electrons. The first-order chi connectivity index (χ1) is 36.0. The Labute approximate surface area is 425 Å². The van der Waals surface area contributed by atoms with Crippen LogP contribution in [0.4, 0.5) is 68.2 Å². The molecule has 344 valence electrons. The molecule has 12 aromatic rings. The Morgan fingerprint density at radius 3 is 1.25 bits per heavy atom. The van der Waals surface area contributed by atoms with Gasteiger partial charge in [0.25, 0.3) is 0 Å². The van der Waals surface area contributed by atoms with Gasteiger partial charge in [-0.2, -0.15) is 0 Å². The molecule has 0 N–H and O–H groups in total. The lowest BCUT2D eigenvalue weighted by Crippen LogP contribution is -2.24. The first kappa shape index (κ1) is 41.4. The summed E-state index contributed by atoms with van der Waals surface area (Å²) >= 11 is 0. The molecule has 2 aliphatic heterocycles. The molecular formula is C69H48N4. The summed E-state index contributed by atoms with van der Waals surface area (Å²) in [5.41, 5.74) is 21.4. The van der Waals surface area contributed by atoms with Crippen LogP contribution in [0.25, 0.3) is 55.6 Å². The number of hydrogen-bond donors (Lipinski definition) is 0. The third-order valence-electron chi connectivity index (χ3n) is 15.8. The van der Waals surface area contributed by atoms with Crippen molar-refractivity contribution >= 4 is 113 Å². The molecule has 0 saturated heterocycles. The van der Waals surface area contributed by atoms with E-state index in [4.69, 9.17) is 0 Å². The molecule has 1 aliphatic carbocycles. The van der Waals surface area contributed by atoms with E-state index in [0.29, 0.717) is 0 Å². The molecule has 0 spiro atoms. The second-order valence-electron chi connectivity index (χ2n) is 20.1. The molecule has 0 aromatic heterocycles. The van der Waals surface area contributed by atoms with Crippen molar-refractivity contribution in [2.24, 2.45) is 0 Å². The molecule has 2 heterocycles. The van der Waals surface area contributed by atoms with Crippen LogP contribution in [0.3, 0.4) is 0 Å². The normalized spacial score (nSPS) is 14.1. The molecule has 4 nitrogen and oxygen atoms in total. The zero-order valence-corrected chi connectivity index (χ0v) is 40.5. The van der Waals surface area contributed by atoms with Crippen LogP contribution in [0, 0.1) is 0 Å². The zero-order valence-electron chi connectivity index (χ0n) is 40.5. The molecule has 12 aromatic carbocycles. The zero-order chi connectivity index (χ0) is 48.4. The fourth-order valence-electron chi connectivity index (χ4n) is 12.5. The van der Waals surface area contributed by atoms with Crippen molar-refractivity contribution in [1.29, 1.82) is 0 Å². The van der Waals surface area contributed by atoms with E-state index in [0.717, 1.165) is 62.6 Å². The minimum absolute atomic E-state index is 0.213. The molecule has 0 unspecified atom stereocenters. The third kappa shape index (κ3) is 6.14. The van der Waals surface area contributed by atoms with Gasteiger partial charge in [-0.15, -0.1) is 0 Å². The number of rotatable bonds is 6. The molecule has 15 rings (SSSR count). The van der Waals surface area contributed by atoms with Crippen molar-refractivity contribution < 1.29 is 0 Å². The topological polar surface area (TPSA) is 13.0 Å². The van der Waals surface area contributed by atoms with Crippen molar-refractivity contribution in [3.63, 3.8) is 0 Å². The van der Waals surface area contributed by atoms with E-state index in [9.17, 15) is 0 Å². The maximum Gasteiger partial charge on any atom is 0.0703 e. The quantitative estimate of drug-likeness (QED) is 0.122. The maximum atomic E-state index is 2.47. The maximum absolute atomic E-state index is 2.47. The number of hydrogen-bond acceptors (Lipinski definition) is 4. The van der Waals surface area contributed by atoms with Gasteiger partial charge in [0.05, 0.1) is 51.2 Å². The van der Waals surface area contributed by atoms with Crippen LogP contribution >= 0.6 is 0 Å². The lowest BCUT2D eigenvalue weighted by Gasteiger charge is -2.40. The first-order valence-electron chi connectivity index (χ1n) is 25.3. The highest BCUT2D eigenvalue weighted by Crippen LogP contribution is 2.58. The van der Waals surface area contributed by atoms with Gasteiger partial charge < -0.3 is 19.6 Å². The minimum Gasteiger partial charge on any atom is -0.306 e. The van der Waals surface area contributed by atoms with Crippen LogP contribution in [0.2, 0.25) is 0 Å². The van der Waals surface area contributed by atoms with Crippen molar-refractivity contribution in [2.75, 3.05) is 19.6 Å². The lowest BCUT2D eigenvalue weighted by atomic mass is 9.81. The number of nitrogens with zero attached hydrogens (tertiary/aromatic N) is 4. The van der Waals surface area contributed by atoms with Gasteiger partial charge in [-0.25, -0.2) is 0 Å². The molecule has 0 fully saturated rings. The highest BCUT2D eigenvalue weighted by molar-refractivity contribution is 6.27. The van der Waals surface area contributed by atoms with Crippen molar-refractivity contribution in [3.8, 4) is 11.1 Å². The van der Waals surface area contributed by atoms with E-state index in [1.807, 2.05) is 0 Å². The van der Waals surface area contributed by atoms with Crippen molar-refractivity contribution in [3.05, 3.63) is 265 Å². The number of para-hydroxylation sites is 10. The van der Waals surface area contributed by atoms with Gasteiger partial charge in [-0.3, -0.25) is 0 Å². The summed E-state index contributed by atoms with van der Waals surface area (Å²) in [6, 6.07) is 89.2. The Bertz CT molecular complexity index is 4120. The van der Waals surface area contributed by atoms with Gasteiger partial charge in [0.1, 0.15) is 0 Å². The molecule has 4 heteroatoms. The average molecular weight is 933 g/mol. The summed E-state index contributed by atoms with van der Waals surface area (Å²) in [7, 11) is 0. The largest absolute Gasteiger partial charge is 0.306 e. The van der Waals surface area contributed by atoms with E-state index >= 15 is 0 Å². The van der Waals surface area contributed by atoms with Gasteiger partial charge in [0, 0.05) is 27.9 Å². The van der Waals surface area contributed by atoms with Crippen LogP contribution in [0.15, 0.2) is 243 Å². The Morgan fingerprint density at radius 2 is 0.712 bits per heavy atom. The van der Waals surface area contributed by atoms with E-state index in [-0.39, 0.29) is 5.41 Å². The summed E-state index contributed by atoms with van der Waals surface area (Å²) in [6.07, 6.45) is 4.63. The fourth-order valence-corrected chi connectivity index (χ4v) is 12.5. The van der Waals surface area contributed by atoms with E-state index in [1.54, 1.807) is 0 Å². The predicted octanol–water partition coefficient (Wildman–Crippen LogP) is 19.6. The average Bonchev–Trinajstić information content (AvgIpc) is 3.67. The number of benzene rings is 12. The first-order valence-corrected chi connectivity index (χ1v) is 25.3. The Morgan fingerprint density at radius 1 is 0.301 bits per heavy atom. The summed E-state index contributed by atoms with van der Waals surface area (Å²) in [5.74, 6) is 0. The summed E-state index contributed by atoms with van der Waals surface area (Å²) in [4.78, 5) is 9.69. The minimum atomic E-state index is -0.213. The molecule has 0 atom stereocenters. The molecule has 3 aliphatic rings. The van der Waals surface area contributed by atoms with Crippen LogP contribution in [0.5, 0.6) is 0 Å². The third-order valence-corrected chi connectivity index (χ3v) is 15.8. The van der Waals surface area contributed by atoms with Crippen LogP contribution in [-0.2, 0) is 5.41 Å². The molecular weight excluding hydrogens is 885 g/mol. The van der Waals surface area contributed by atoms with Gasteiger partial charge in [-0.1, -0.05) is 178 Å². The van der Waals surface area contributed by atoms with E-state index in [1.165, 1.54) is 71.4 Å².